The molecule has 0 atom stereocenters. The largest absolute Gasteiger partial charge is 0.551 e. The third-order valence-corrected chi connectivity index (χ3v) is 2.11. The molecule has 4 nitrogen and oxygen atoms in total. The molecular weight excluding hydrogens is 200 g/mol. The van der Waals surface area contributed by atoms with Gasteiger partial charge in [-0.05, 0) is 19.1 Å². The summed E-state index contributed by atoms with van der Waals surface area (Å²) in [5.41, 5.74) is 0. The van der Waals surface area contributed by atoms with Crippen molar-refractivity contribution in [3.05, 3.63) is 18.2 Å². The number of benzene rings is 1. The van der Waals surface area contributed by atoms with Gasteiger partial charge in [0.1, 0.15) is 5.75 Å². The first-order valence-electron chi connectivity index (χ1n) is 4.36. The minimum Gasteiger partial charge on any atom is -0.551 e. The van der Waals surface area contributed by atoms with Crippen molar-refractivity contribution in [2.75, 3.05) is 13.4 Å². The van der Waals surface area contributed by atoms with Crippen molar-refractivity contribution in [1.82, 2.24) is 0 Å². The minimum atomic E-state index is 0.0676. The van der Waals surface area contributed by atoms with Gasteiger partial charge in [0.2, 0.25) is 16.2 Å². The van der Waals surface area contributed by atoms with Crippen LogP contribution in [-0.2, 0) is 4.74 Å². The normalized spacial score (nSPS) is 10.1. The Balaban J connectivity index is 2.72. The summed E-state index contributed by atoms with van der Waals surface area (Å²) in [4.78, 5) is 0. The molecule has 0 radical (unpaired) electrons. The Labute approximate surface area is 86.0 Å². The molecule has 0 amide bonds. The number of phenolic OH excluding ortho intramolecular Hbond substituents is 1. The van der Waals surface area contributed by atoms with E-state index in [4.69, 9.17) is 13.9 Å². The third kappa shape index (κ3) is 2.64. The monoisotopic (exact) mass is 214 g/mol. The standard InChI is InChI=1S/C9H14O4Si/c1-2-11-6-12-9-7(10)4-3-5-8(9)13-14/h3-5,10H,2,6H2,1,14H3. The molecule has 0 bridgehead atoms. The first-order chi connectivity index (χ1) is 6.79. The molecule has 0 fully saturated rings. The van der Waals surface area contributed by atoms with Crippen LogP contribution in [0.5, 0.6) is 17.2 Å². The molecule has 0 heterocycles. The van der Waals surface area contributed by atoms with Gasteiger partial charge in [0, 0.05) is 6.61 Å². The van der Waals surface area contributed by atoms with Crippen molar-refractivity contribution < 1.29 is 19.0 Å². The average Bonchev–Trinajstić information content (AvgIpc) is 2.20. The maximum absolute atomic E-state index is 9.48. The topological polar surface area (TPSA) is 47.9 Å². The minimum absolute atomic E-state index is 0.0676. The van der Waals surface area contributed by atoms with E-state index in [1.165, 1.54) is 0 Å². The average molecular weight is 214 g/mol. The van der Waals surface area contributed by atoms with E-state index in [1.54, 1.807) is 18.2 Å². The van der Waals surface area contributed by atoms with E-state index in [0.717, 1.165) is 0 Å². The van der Waals surface area contributed by atoms with E-state index < -0.39 is 0 Å². The highest BCUT2D eigenvalue weighted by molar-refractivity contribution is 6.00. The lowest BCUT2D eigenvalue weighted by molar-refractivity contribution is 0.0199. The highest BCUT2D eigenvalue weighted by atomic mass is 28.2. The van der Waals surface area contributed by atoms with E-state index in [0.29, 0.717) is 28.6 Å². The van der Waals surface area contributed by atoms with Crippen molar-refractivity contribution in [2.24, 2.45) is 0 Å². The van der Waals surface area contributed by atoms with Crippen LogP contribution in [0.25, 0.3) is 0 Å². The van der Waals surface area contributed by atoms with E-state index >= 15 is 0 Å². The second-order valence-corrected chi connectivity index (χ2v) is 2.97. The van der Waals surface area contributed by atoms with Crippen LogP contribution in [0.15, 0.2) is 18.2 Å². The van der Waals surface area contributed by atoms with Crippen LogP contribution in [0, 0.1) is 0 Å². The van der Waals surface area contributed by atoms with Crippen LogP contribution in [0.1, 0.15) is 6.92 Å². The van der Waals surface area contributed by atoms with Crippen LogP contribution >= 0.6 is 0 Å². The van der Waals surface area contributed by atoms with Crippen LogP contribution in [0.2, 0.25) is 0 Å². The lowest BCUT2D eigenvalue weighted by atomic mass is 10.3. The molecular formula is C9H14O4Si. The number of rotatable bonds is 5. The molecule has 0 aliphatic rings. The predicted octanol–water partition coefficient (Wildman–Crippen LogP) is 0.424. The van der Waals surface area contributed by atoms with E-state index in [2.05, 4.69) is 0 Å². The van der Waals surface area contributed by atoms with E-state index in [-0.39, 0.29) is 12.5 Å². The van der Waals surface area contributed by atoms with Crippen molar-refractivity contribution in [2.45, 2.75) is 6.92 Å². The smallest absolute Gasteiger partial charge is 0.204 e. The van der Waals surface area contributed by atoms with Gasteiger partial charge in [-0.15, -0.1) is 0 Å². The van der Waals surface area contributed by atoms with Gasteiger partial charge < -0.3 is 19.0 Å². The third-order valence-electron chi connectivity index (χ3n) is 1.67. The molecule has 0 spiro atoms. The van der Waals surface area contributed by atoms with Gasteiger partial charge in [-0.25, -0.2) is 0 Å². The van der Waals surface area contributed by atoms with E-state index in [9.17, 15) is 5.11 Å². The second-order valence-electron chi connectivity index (χ2n) is 2.56. The number of para-hydroxylation sites is 1. The molecule has 0 aliphatic carbocycles. The fourth-order valence-corrected chi connectivity index (χ4v) is 1.32. The zero-order valence-electron chi connectivity index (χ0n) is 8.32. The number of hydrogen-bond donors (Lipinski definition) is 1. The molecule has 78 valence electrons. The molecule has 1 rings (SSSR count). The first kappa shape index (κ1) is 10.9. The fourth-order valence-electron chi connectivity index (χ4n) is 0.994. The Hall–Kier alpha value is -1.20. The predicted molar refractivity (Wildman–Crippen MR) is 55.8 cm³/mol. The number of hydrogen-bond acceptors (Lipinski definition) is 4. The summed E-state index contributed by atoms with van der Waals surface area (Å²) >= 11 is 0. The lowest BCUT2D eigenvalue weighted by Gasteiger charge is -2.11. The SMILES string of the molecule is CCOCOc1c(O)cccc1O[SiH3]. The van der Waals surface area contributed by atoms with Crippen molar-refractivity contribution >= 4 is 10.5 Å². The number of aromatic hydroxyl groups is 1. The van der Waals surface area contributed by atoms with Crippen molar-refractivity contribution in [3.63, 3.8) is 0 Å². The quantitative estimate of drug-likeness (QED) is 0.438. The molecule has 5 heteroatoms. The molecule has 0 saturated carbocycles. The van der Waals surface area contributed by atoms with Gasteiger partial charge in [0.15, 0.2) is 12.5 Å². The Morgan fingerprint density at radius 3 is 2.86 bits per heavy atom. The van der Waals surface area contributed by atoms with Gasteiger partial charge >= 0.3 is 0 Å². The van der Waals surface area contributed by atoms with Crippen LogP contribution in [-0.4, -0.2) is 29.0 Å². The van der Waals surface area contributed by atoms with Crippen LogP contribution in [0.3, 0.4) is 0 Å². The second kappa shape index (κ2) is 5.51. The molecule has 1 aromatic carbocycles. The summed E-state index contributed by atoms with van der Waals surface area (Å²) in [6, 6.07) is 5.00. The molecule has 0 saturated heterocycles. The Kier molecular flexibility index (Phi) is 4.28. The maximum Gasteiger partial charge on any atom is 0.204 e. The van der Waals surface area contributed by atoms with Gasteiger partial charge in [-0.2, -0.15) is 0 Å². The Bertz CT molecular complexity index is 290. The molecule has 0 unspecified atom stereocenters. The summed E-state index contributed by atoms with van der Waals surface area (Å²) < 4.78 is 15.4. The lowest BCUT2D eigenvalue weighted by Crippen LogP contribution is -2.03. The van der Waals surface area contributed by atoms with Crippen molar-refractivity contribution in [1.29, 1.82) is 0 Å². The molecule has 1 aromatic rings. The van der Waals surface area contributed by atoms with Crippen LogP contribution in [0.4, 0.5) is 0 Å². The fraction of sp³-hybridized carbons (Fsp3) is 0.333. The number of ether oxygens (including phenoxy) is 2. The van der Waals surface area contributed by atoms with Gasteiger partial charge in [0.05, 0.1) is 0 Å². The molecule has 0 aliphatic heterocycles. The summed E-state index contributed by atoms with van der Waals surface area (Å²) in [6.45, 7) is 2.56. The van der Waals surface area contributed by atoms with E-state index in [1.807, 2.05) is 6.92 Å². The Morgan fingerprint density at radius 1 is 1.43 bits per heavy atom. The summed E-state index contributed by atoms with van der Waals surface area (Å²) in [5.74, 6) is 0.963. The maximum atomic E-state index is 9.48. The van der Waals surface area contributed by atoms with Gasteiger partial charge in [-0.3, -0.25) is 0 Å². The number of phenols is 1. The Morgan fingerprint density at radius 2 is 2.21 bits per heavy atom. The van der Waals surface area contributed by atoms with Gasteiger partial charge in [-0.1, -0.05) is 6.07 Å². The molecule has 0 aromatic heterocycles. The zero-order valence-corrected chi connectivity index (χ0v) is 10.3. The van der Waals surface area contributed by atoms with Crippen LogP contribution < -0.4 is 9.16 Å². The first-order valence-corrected chi connectivity index (χ1v) is 5.17. The van der Waals surface area contributed by atoms with Crippen molar-refractivity contribution in [3.8, 4) is 17.2 Å². The zero-order chi connectivity index (χ0) is 10.4. The summed E-state index contributed by atoms with van der Waals surface area (Å²) in [5, 5.41) is 9.48. The van der Waals surface area contributed by atoms with Gasteiger partial charge in [0.25, 0.3) is 0 Å². The molecule has 14 heavy (non-hydrogen) atoms. The molecule has 1 N–H and O–H groups in total. The summed E-state index contributed by atoms with van der Waals surface area (Å²) in [7, 11) is 0.551. The summed E-state index contributed by atoms with van der Waals surface area (Å²) in [6.07, 6.45) is 0. The highest BCUT2D eigenvalue weighted by Gasteiger charge is 2.08. The highest BCUT2D eigenvalue weighted by Crippen LogP contribution is 2.35.